The van der Waals surface area contributed by atoms with Crippen molar-refractivity contribution in [3.05, 3.63) is 72.3 Å². The maximum atomic E-state index is 12.2. The molecule has 5 heteroatoms. The lowest BCUT2D eigenvalue weighted by Gasteiger charge is -2.08. The zero-order valence-corrected chi connectivity index (χ0v) is 14.5. The summed E-state index contributed by atoms with van der Waals surface area (Å²) in [6, 6.07) is 20.8. The summed E-state index contributed by atoms with van der Waals surface area (Å²) in [6.07, 6.45) is 0. The summed E-state index contributed by atoms with van der Waals surface area (Å²) in [6.45, 7) is 0. The van der Waals surface area contributed by atoms with E-state index in [1.807, 2.05) is 24.3 Å². The third-order valence-electron chi connectivity index (χ3n) is 3.70. The molecule has 0 saturated heterocycles. The highest BCUT2D eigenvalue weighted by Crippen LogP contribution is 2.27. The van der Waals surface area contributed by atoms with Gasteiger partial charge in [0.1, 0.15) is 0 Å². The van der Waals surface area contributed by atoms with E-state index in [-0.39, 0.29) is 5.91 Å². The molecule has 0 radical (unpaired) electrons. The Morgan fingerprint density at radius 2 is 1.68 bits per heavy atom. The van der Waals surface area contributed by atoms with Gasteiger partial charge in [0.15, 0.2) is 0 Å². The summed E-state index contributed by atoms with van der Waals surface area (Å²) in [5, 5.41) is 5.13. The molecule has 0 spiro atoms. The largest absolute Gasteiger partial charge is 0.465 e. The first-order chi connectivity index (χ1) is 12.2. The quantitative estimate of drug-likeness (QED) is 0.548. The standard InChI is InChI=1S/C20H17NO3S/c1-24-20(23)15-9-11-16(12-10-15)21-19(22)13-25-18-8-4-6-14-5-2-3-7-17(14)18/h2-12H,13H2,1H3,(H,21,22). The molecule has 0 aliphatic heterocycles. The number of esters is 1. The van der Waals surface area contributed by atoms with E-state index in [4.69, 9.17) is 0 Å². The van der Waals surface area contributed by atoms with E-state index in [0.29, 0.717) is 17.0 Å². The van der Waals surface area contributed by atoms with Crippen molar-refractivity contribution in [3.8, 4) is 0 Å². The molecule has 0 bridgehead atoms. The molecule has 0 saturated carbocycles. The monoisotopic (exact) mass is 351 g/mol. The first-order valence-electron chi connectivity index (χ1n) is 7.76. The van der Waals surface area contributed by atoms with E-state index < -0.39 is 5.97 Å². The Labute approximate surface area is 150 Å². The van der Waals surface area contributed by atoms with Crippen LogP contribution in [-0.2, 0) is 9.53 Å². The third kappa shape index (κ3) is 4.19. The molecule has 3 rings (SSSR count). The second-order valence-corrected chi connectivity index (χ2v) is 6.40. The molecule has 3 aromatic carbocycles. The summed E-state index contributed by atoms with van der Waals surface area (Å²) in [4.78, 5) is 24.7. The summed E-state index contributed by atoms with van der Waals surface area (Å²) in [5.41, 5.74) is 1.10. The van der Waals surface area contributed by atoms with Crippen LogP contribution in [0.3, 0.4) is 0 Å². The molecule has 0 aliphatic rings. The molecule has 0 unspecified atom stereocenters. The number of carbonyl (C=O) groups is 2. The average molecular weight is 351 g/mol. The van der Waals surface area contributed by atoms with Gasteiger partial charge in [-0.1, -0.05) is 36.4 Å². The van der Waals surface area contributed by atoms with Crippen molar-refractivity contribution in [1.82, 2.24) is 0 Å². The molecule has 0 aromatic heterocycles. The number of anilines is 1. The Hall–Kier alpha value is -2.79. The minimum absolute atomic E-state index is 0.0937. The number of thioether (sulfide) groups is 1. The fourth-order valence-electron chi connectivity index (χ4n) is 2.47. The average Bonchev–Trinajstić information content (AvgIpc) is 2.66. The topological polar surface area (TPSA) is 55.4 Å². The first-order valence-corrected chi connectivity index (χ1v) is 8.75. The molecule has 1 amide bonds. The van der Waals surface area contributed by atoms with Crippen molar-refractivity contribution < 1.29 is 14.3 Å². The molecule has 0 atom stereocenters. The molecule has 25 heavy (non-hydrogen) atoms. The number of carbonyl (C=O) groups excluding carboxylic acids is 2. The van der Waals surface area contributed by atoms with Gasteiger partial charge in [0.2, 0.25) is 5.91 Å². The molecule has 1 N–H and O–H groups in total. The van der Waals surface area contributed by atoms with Crippen molar-refractivity contribution in [1.29, 1.82) is 0 Å². The van der Waals surface area contributed by atoms with E-state index in [9.17, 15) is 9.59 Å². The van der Waals surface area contributed by atoms with Gasteiger partial charge in [-0.15, -0.1) is 11.8 Å². The Morgan fingerprint density at radius 3 is 2.44 bits per heavy atom. The molecule has 4 nitrogen and oxygen atoms in total. The zero-order valence-electron chi connectivity index (χ0n) is 13.7. The lowest BCUT2D eigenvalue weighted by Crippen LogP contribution is -2.14. The molecule has 0 fully saturated rings. The van der Waals surface area contributed by atoms with Crippen molar-refractivity contribution in [2.24, 2.45) is 0 Å². The summed E-state index contributed by atoms with van der Waals surface area (Å²) in [7, 11) is 1.34. The second-order valence-electron chi connectivity index (χ2n) is 5.38. The SMILES string of the molecule is COC(=O)c1ccc(NC(=O)CSc2cccc3ccccc23)cc1. The molecular weight excluding hydrogens is 334 g/mol. The number of amides is 1. The number of benzene rings is 3. The van der Waals surface area contributed by atoms with Crippen LogP contribution in [0.1, 0.15) is 10.4 Å². The highest BCUT2D eigenvalue weighted by molar-refractivity contribution is 8.00. The highest BCUT2D eigenvalue weighted by Gasteiger charge is 2.08. The predicted octanol–water partition coefficient (Wildman–Crippen LogP) is 4.36. The van der Waals surface area contributed by atoms with Crippen LogP contribution >= 0.6 is 11.8 Å². The van der Waals surface area contributed by atoms with E-state index >= 15 is 0 Å². The van der Waals surface area contributed by atoms with Crippen LogP contribution in [0, 0.1) is 0 Å². The number of nitrogens with one attached hydrogen (secondary N) is 1. The lowest BCUT2D eigenvalue weighted by atomic mass is 10.1. The van der Waals surface area contributed by atoms with Gasteiger partial charge in [-0.25, -0.2) is 4.79 Å². The summed E-state index contributed by atoms with van der Waals surface area (Å²) >= 11 is 1.50. The van der Waals surface area contributed by atoms with Gasteiger partial charge < -0.3 is 10.1 Å². The Kier molecular flexibility index (Phi) is 5.36. The summed E-state index contributed by atoms with van der Waals surface area (Å²) in [5.74, 6) is -0.180. The van der Waals surface area contributed by atoms with Gasteiger partial charge in [-0.3, -0.25) is 4.79 Å². The number of methoxy groups -OCH3 is 1. The van der Waals surface area contributed by atoms with E-state index in [0.717, 1.165) is 15.7 Å². The van der Waals surface area contributed by atoms with Gasteiger partial charge in [0.05, 0.1) is 18.4 Å². The van der Waals surface area contributed by atoms with Crippen LogP contribution in [0.4, 0.5) is 5.69 Å². The van der Waals surface area contributed by atoms with Gasteiger partial charge in [0.25, 0.3) is 0 Å². The number of hydrogen-bond donors (Lipinski definition) is 1. The van der Waals surface area contributed by atoms with Gasteiger partial charge in [0, 0.05) is 10.6 Å². The predicted molar refractivity (Wildman–Crippen MR) is 101 cm³/mol. The smallest absolute Gasteiger partial charge is 0.337 e. The van der Waals surface area contributed by atoms with Crippen LogP contribution in [0.25, 0.3) is 10.8 Å². The maximum Gasteiger partial charge on any atom is 0.337 e. The van der Waals surface area contributed by atoms with Gasteiger partial charge in [-0.2, -0.15) is 0 Å². The first kappa shape index (κ1) is 17.0. The number of rotatable bonds is 5. The normalized spacial score (nSPS) is 10.4. The maximum absolute atomic E-state index is 12.2. The van der Waals surface area contributed by atoms with Crippen LogP contribution in [-0.4, -0.2) is 24.7 Å². The fraction of sp³-hybridized carbons (Fsp3) is 0.100. The number of fused-ring (bicyclic) bond motifs is 1. The van der Waals surface area contributed by atoms with Crippen LogP contribution in [0.5, 0.6) is 0 Å². The van der Waals surface area contributed by atoms with Gasteiger partial charge in [-0.05, 0) is 41.1 Å². The van der Waals surface area contributed by atoms with Crippen molar-refractivity contribution in [2.75, 3.05) is 18.2 Å². The van der Waals surface area contributed by atoms with Crippen molar-refractivity contribution >= 4 is 40.1 Å². The van der Waals surface area contributed by atoms with E-state index in [1.165, 1.54) is 18.9 Å². The molecule has 3 aromatic rings. The Morgan fingerprint density at radius 1 is 0.960 bits per heavy atom. The van der Waals surface area contributed by atoms with E-state index in [1.54, 1.807) is 24.3 Å². The van der Waals surface area contributed by atoms with E-state index in [2.05, 4.69) is 28.3 Å². The number of hydrogen-bond acceptors (Lipinski definition) is 4. The molecular formula is C20H17NO3S. The number of ether oxygens (including phenoxy) is 1. The molecule has 0 aliphatic carbocycles. The lowest BCUT2D eigenvalue weighted by molar-refractivity contribution is -0.113. The Balaban J connectivity index is 1.62. The zero-order chi connectivity index (χ0) is 17.6. The summed E-state index contributed by atoms with van der Waals surface area (Å²) < 4.78 is 4.65. The fourth-order valence-corrected chi connectivity index (χ4v) is 3.34. The molecule has 126 valence electrons. The minimum Gasteiger partial charge on any atom is -0.465 e. The van der Waals surface area contributed by atoms with Gasteiger partial charge >= 0.3 is 5.97 Å². The van der Waals surface area contributed by atoms with Crippen LogP contribution < -0.4 is 5.32 Å². The van der Waals surface area contributed by atoms with Crippen molar-refractivity contribution in [3.63, 3.8) is 0 Å². The second kappa shape index (κ2) is 7.85. The minimum atomic E-state index is -0.399. The van der Waals surface area contributed by atoms with Crippen molar-refractivity contribution in [2.45, 2.75) is 4.90 Å². The highest BCUT2D eigenvalue weighted by atomic mass is 32.2. The van der Waals surface area contributed by atoms with Crippen LogP contribution in [0.2, 0.25) is 0 Å². The van der Waals surface area contributed by atoms with Crippen LogP contribution in [0.15, 0.2) is 71.6 Å². The third-order valence-corrected chi connectivity index (χ3v) is 4.77. The Bertz CT molecular complexity index is 901. The molecule has 0 heterocycles.